The number of amides is 1. The van der Waals surface area contributed by atoms with Crippen molar-refractivity contribution in [1.82, 2.24) is 29.1 Å². The van der Waals surface area contributed by atoms with Crippen LogP contribution in [0.25, 0.3) is 11.2 Å². The van der Waals surface area contributed by atoms with Crippen LogP contribution in [0.1, 0.15) is 12.5 Å². The molecule has 0 fully saturated rings. The molecule has 0 aromatic carbocycles. The van der Waals surface area contributed by atoms with Gasteiger partial charge in [-0.1, -0.05) is 0 Å². The zero-order chi connectivity index (χ0) is 18.8. The lowest BCUT2D eigenvalue weighted by atomic mass is 10.2. The quantitative estimate of drug-likeness (QED) is 0.494. The lowest BCUT2D eigenvalue weighted by molar-refractivity contribution is -0.121. The molecule has 0 unspecified atom stereocenters. The first kappa shape index (κ1) is 17.3. The lowest BCUT2D eigenvalue weighted by Crippen LogP contribution is -2.38. The second kappa shape index (κ2) is 6.75. The molecule has 0 saturated carbocycles. The molecule has 26 heavy (non-hydrogen) atoms. The van der Waals surface area contributed by atoms with Crippen LogP contribution in [-0.2, 0) is 25.4 Å². The minimum Gasteiger partial charge on any atom is -0.315 e. The van der Waals surface area contributed by atoms with Crippen molar-refractivity contribution in [2.45, 2.75) is 13.5 Å². The molecular formula is C16H17N7O3. The molecule has 10 heteroatoms. The van der Waals surface area contributed by atoms with Crippen LogP contribution in [0, 0.1) is 0 Å². The molecule has 0 spiro atoms. The van der Waals surface area contributed by atoms with Gasteiger partial charge in [0.2, 0.25) is 0 Å². The molecule has 10 nitrogen and oxygen atoms in total. The number of nitrogens with one attached hydrogen (secondary N) is 1. The van der Waals surface area contributed by atoms with Gasteiger partial charge < -0.3 is 4.57 Å². The third kappa shape index (κ3) is 3.04. The standard InChI is InChI=1S/C16H17N7O3/c1-10(11-4-6-17-7-5-11)19-20-12(24)8-23-9-18-14-13(23)15(25)22(3)16(26)21(14)2/h4-7,9H,8H2,1-3H3,(H,20,24). The Labute approximate surface area is 147 Å². The van der Waals surface area contributed by atoms with E-state index in [1.807, 2.05) is 0 Å². The highest BCUT2D eigenvalue weighted by atomic mass is 16.2. The maximum absolute atomic E-state index is 12.3. The van der Waals surface area contributed by atoms with Crippen LogP contribution in [0.3, 0.4) is 0 Å². The Morgan fingerprint density at radius 2 is 1.88 bits per heavy atom. The second-order valence-electron chi connectivity index (χ2n) is 5.72. The highest BCUT2D eigenvalue weighted by Crippen LogP contribution is 2.05. The molecule has 3 heterocycles. The lowest BCUT2D eigenvalue weighted by Gasteiger charge is -2.06. The summed E-state index contributed by atoms with van der Waals surface area (Å²) in [5.74, 6) is -0.423. The first-order valence-corrected chi connectivity index (χ1v) is 7.74. The Bertz CT molecular complexity index is 1120. The first-order valence-electron chi connectivity index (χ1n) is 7.74. The summed E-state index contributed by atoms with van der Waals surface area (Å²) in [7, 11) is 2.90. The van der Waals surface area contributed by atoms with Gasteiger partial charge in [0, 0.05) is 32.1 Å². The van der Waals surface area contributed by atoms with E-state index in [4.69, 9.17) is 0 Å². The number of hydrogen-bond acceptors (Lipinski definition) is 6. The smallest absolute Gasteiger partial charge is 0.315 e. The monoisotopic (exact) mass is 355 g/mol. The largest absolute Gasteiger partial charge is 0.332 e. The Kier molecular flexibility index (Phi) is 4.48. The average Bonchev–Trinajstić information content (AvgIpc) is 3.07. The predicted molar refractivity (Wildman–Crippen MR) is 94.8 cm³/mol. The number of nitrogens with zero attached hydrogens (tertiary/aromatic N) is 6. The van der Waals surface area contributed by atoms with Crippen LogP contribution < -0.4 is 16.7 Å². The maximum atomic E-state index is 12.3. The van der Waals surface area contributed by atoms with Crippen molar-refractivity contribution in [3.63, 3.8) is 0 Å². The normalized spacial score (nSPS) is 11.7. The van der Waals surface area contributed by atoms with Crippen LogP contribution in [0.2, 0.25) is 0 Å². The number of fused-ring (bicyclic) bond motifs is 1. The number of aromatic nitrogens is 5. The molecule has 3 aromatic rings. The van der Waals surface area contributed by atoms with Gasteiger partial charge in [0.1, 0.15) is 6.54 Å². The van der Waals surface area contributed by atoms with Gasteiger partial charge in [0.25, 0.3) is 11.5 Å². The minimum absolute atomic E-state index is 0.156. The summed E-state index contributed by atoms with van der Waals surface area (Å²) < 4.78 is 3.63. The van der Waals surface area contributed by atoms with E-state index in [1.54, 1.807) is 31.5 Å². The van der Waals surface area contributed by atoms with E-state index >= 15 is 0 Å². The van der Waals surface area contributed by atoms with Crippen LogP contribution >= 0.6 is 0 Å². The van der Waals surface area contributed by atoms with Crippen LogP contribution in [-0.4, -0.2) is 35.3 Å². The van der Waals surface area contributed by atoms with Crippen LogP contribution in [0.5, 0.6) is 0 Å². The van der Waals surface area contributed by atoms with E-state index in [1.165, 1.54) is 29.6 Å². The van der Waals surface area contributed by atoms with Crippen molar-refractivity contribution >= 4 is 22.8 Å². The highest BCUT2D eigenvalue weighted by Gasteiger charge is 2.15. The van der Waals surface area contributed by atoms with Crippen molar-refractivity contribution in [2.24, 2.45) is 19.2 Å². The number of rotatable bonds is 4. The van der Waals surface area contributed by atoms with Gasteiger partial charge in [-0.2, -0.15) is 5.10 Å². The van der Waals surface area contributed by atoms with Crippen LogP contribution in [0.4, 0.5) is 0 Å². The first-order chi connectivity index (χ1) is 12.4. The van der Waals surface area contributed by atoms with E-state index < -0.39 is 17.2 Å². The van der Waals surface area contributed by atoms with Crippen molar-refractivity contribution in [2.75, 3.05) is 0 Å². The summed E-state index contributed by atoms with van der Waals surface area (Å²) in [5.41, 5.74) is 3.32. The third-order valence-corrected chi connectivity index (χ3v) is 3.98. The third-order valence-electron chi connectivity index (χ3n) is 3.98. The topological polar surface area (TPSA) is 116 Å². The molecule has 1 N–H and O–H groups in total. The van der Waals surface area contributed by atoms with Gasteiger partial charge in [-0.25, -0.2) is 15.2 Å². The van der Waals surface area contributed by atoms with E-state index in [-0.39, 0.29) is 17.7 Å². The number of pyridine rings is 1. The van der Waals surface area contributed by atoms with E-state index in [2.05, 4.69) is 20.5 Å². The predicted octanol–water partition coefficient (Wildman–Crippen LogP) is -0.631. The van der Waals surface area contributed by atoms with Gasteiger partial charge in [-0.15, -0.1) is 0 Å². The van der Waals surface area contributed by atoms with Crippen molar-refractivity contribution in [1.29, 1.82) is 0 Å². The number of hydrogen-bond donors (Lipinski definition) is 1. The van der Waals surface area contributed by atoms with Gasteiger partial charge >= 0.3 is 5.69 Å². The summed E-state index contributed by atoms with van der Waals surface area (Å²) >= 11 is 0. The van der Waals surface area contributed by atoms with E-state index in [9.17, 15) is 14.4 Å². The number of carbonyl (C=O) groups is 1. The molecular weight excluding hydrogens is 338 g/mol. The summed E-state index contributed by atoms with van der Waals surface area (Å²) in [6, 6.07) is 3.55. The SMILES string of the molecule is CC(=NNC(=O)Cn1cnc2c1c(=O)n(C)c(=O)n2C)c1ccncc1. The van der Waals surface area contributed by atoms with Gasteiger partial charge in [-0.05, 0) is 19.1 Å². The molecule has 0 aliphatic carbocycles. The maximum Gasteiger partial charge on any atom is 0.332 e. The summed E-state index contributed by atoms with van der Waals surface area (Å²) in [4.78, 5) is 44.4. The molecule has 3 rings (SSSR count). The molecule has 0 bridgehead atoms. The fourth-order valence-electron chi connectivity index (χ4n) is 2.51. The number of hydrazone groups is 1. The number of aryl methyl sites for hydroxylation is 1. The van der Waals surface area contributed by atoms with E-state index in [0.29, 0.717) is 5.71 Å². The minimum atomic E-state index is -0.509. The van der Waals surface area contributed by atoms with Crippen LogP contribution in [0.15, 0.2) is 45.5 Å². The van der Waals surface area contributed by atoms with Gasteiger partial charge in [0.15, 0.2) is 11.2 Å². The molecule has 3 aromatic heterocycles. The molecule has 0 radical (unpaired) electrons. The fourth-order valence-corrected chi connectivity index (χ4v) is 2.51. The molecule has 0 atom stereocenters. The molecule has 0 aliphatic rings. The number of imidazole rings is 1. The van der Waals surface area contributed by atoms with E-state index in [0.717, 1.165) is 10.1 Å². The van der Waals surface area contributed by atoms with Crippen molar-refractivity contribution in [3.8, 4) is 0 Å². The molecule has 134 valence electrons. The zero-order valence-electron chi connectivity index (χ0n) is 14.5. The Hall–Kier alpha value is -3.56. The highest BCUT2D eigenvalue weighted by molar-refractivity contribution is 5.99. The zero-order valence-corrected chi connectivity index (χ0v) is 14.5. The molecule has 0 aliphatic heterocycles. The Morgan fingerprint density at radius 3 is 2.58 bits per heavy atom. The number of carbonyl (C=O) groups excluding carboxylic acids is 1. The average molecular weight is 355 g/mol. The summed E-state index contributed by atoms with van der Waals surface area (Å²) in [5, 5.41) is 4.04. The van der Waals surface area contributed by atoms with Crippen molar-refractivity contribution in [3.05, 3.63) is 57.3 Å². The summed E-state index contributed by atoms with van der Waals surface area (Å²) in [6.45, 7) is 1.60. The van der Waals surface area contributed by atoms with Gasteiger partial charge in [0.05, 0.1) is 12.0 Å². The van der Waals surface area contributed by atoms with Gasteiger partial charge in [-0.3, -0.25) is 23.7 Å². The van der Waals surface area contributed by atoms with Crippen molar-refractivity contribution < 1.29 is 4.79 Å². The Balaban J connectivity index is 1.85. The Morgan fingerprint density at radius 1 is 1.19 bits per heavy atom. The second-order valence-corrected chi connectivity index (χ2v) is 5.72. The fraction of sp³-hybridized carbons (Fsp3) is 0.250. The molecule has 0 saturated heterocycles. The molecule has 1 amide bonds. The summed E-state index contributed by atoms with van der Waals surface area (Å²) in [6.07, 6.45) is 4.62.